The Morgan fingerprint density at radius 3 is 2.70 bits per heavy atom. The predicted molar refractivity (Wildman–Crippen MR) is 74.3 cm³/mol. The zero-order chi connectivity index (χ0) is 14.4. The molecule has 2 rings (SSSR count). The normalized spacial score (nSPS) is 23.8. The lowest BCUT2D eigenvalue weighted by Crippen LogP contribution is -2.38. The predicted octanol–water partition coefficient (Wildman–Crippen LogP) is 1.87. The van der Waals surface area contributed by atoms with Gasteiger partial charge in [0.05, 0.1) is 13.0 Å². The zero-order valence-corrected chi connectivity index (χ0v) is 11.8. The summed E-state index contributed by atoms with van der Waals surface area (Å²) in [5.41, 5.74) is 0.618. The van der Waals surface area contributed by atoms with E-state index in [2.05, 4.69) is 5.32 Å². The number of ether oxygens (including phenoxy) is 1. The smallest absolute Gasteiger partial charge is 0.333 e. The minimum Gasteiger partial charge on any atom is -0.481 e. The first kappa shape index (κ1) is 15.0. The van der Waals surface area contributed by atoms with Crippen LogP contribution in [0.4, 0.5) is 0 Å². The molecule has 1 heterocycles. The highest BCUT2D eigenvalue weighted by atomic mass is 16.5. The number of rotatable bonds is 6. The Morgan fingerprint density at radius 1 is 1.35 bits per heavy atom. The van der Waals surface area contributed by atoms with Crippen LogP contribution in [0, 0.1) is 5.41 Å². The molecule has 0 amide bonds. The van der Waals surface area contributed by atoms with Crippen LogP contribution in [0.15, 0.2) is 11.6 Å². The van der Waals surface area contributed by atoms with Gasteiger partial charge in [0.1, 0.15) is 0 Å². The molecule has 0 bridgehead atoms. The van der Waals surface area contributed by atoms with Crippen molar-refractivity contribution in [2.45, 2.75) is 44.9 Å². The molecule has 1 aliphatic heterocycles. The van der Waals surface area contributed by atoms with E-state index in [9.17, 15) is 9.59 Å². The molecule has 0 unspecified atom stereocenters. The fourth-order valence-electron chi connectivity index (χ4n) is 3.21. The summed E-state index contributed by atoms with van der Waals surface area (Å²) in [7, 11) is 0. The molecular weight excluding hydrogens is 258 g/mol. The van der Waals surface area contributed by atoms with E-state index in [1.807, 2.05) is 6.08 Å². The number of hydrogen-bond donors (Lipinski definition) is 2. The number of carboxylic acids is 1. The maximum atomic E-state index is 11.3. The fourth-order valence-corrected chi connectivity index (χ4v) is 3.21. The molecule has 1 saturated heterocycles. The summed E-state index contributed by atoms with van der Waals surface area (Å²) in [5, 5.41) is 12.4. The lowest BCUT2D eigenvalue weighted by atomic mass is 9.71. The van der Waals surface area contributed by atoms with Gasteiger partial charge in [-0.05, 0) is 18.3 Å². The summed E-state index contributed by atoms with van der Waals surface area (Å²) >= 11 is 0. The summed E-state index contributed by atoms with van der Waals surface area (Å²) in [6, 6.07) is 0. The van der Waals surface area contributed by atoms with Crippen molar-refractivity contribution in [2.75, 3.05) is 19.7 Å². The molecule has 20 heavy (non-hydrogen) atoms. The summed E-state index contributed by atoms with van der Waals surface area (Å²) < 4.78 is 4.87. The number of hydrogen-bond acceptors (Lipinski definition) is 4. The average molecular weight is 281 g/mol. The number of esters is 1. The van der Waals surface area contributed by atoms with Crippen molar-refractivity contribution in [2.24, 2.45) is 5.41 Å². The largest absolute Gasteiger partial charge is 0.481 e. The number of carboxylic acid groups (broad SMARTS) is 1. The van der Waals surface area contributed by atoms with E-state index in [0.29, 0.717) is 26.1 Å². The van der Waals surface area contributed by atoms with E-state index in [-0.39, 0.29) is 17.8 Å². The summed E-state index contributed by atoms with van der Waals surface area (Å²) in [5.74, 6) is -0.934. The molecule has 0 aromatic heterocycles. The lowest BCUT2D eigenvalue weighted by Gasteiger charge is -2.36. The van der Waals surface area contributed by atoms with E-state index >= 15 is 0 Å². The first-order valence-corrected chi connectivity index (χ1v) is 7.40. The highest BCUT2D eigenvalue weighted by Gasteiger charge is 2.33. The molecule has 1 aliphatic carbocycles. The molecule has 2 aliphatic rings. The molecule has 5 heteroatoms. The second kappa shape index (κ2) is 6.88. The monoisotopic (exact) mass is 281 g/mol. The van der Waals surface area contributed by atoms with Crippen molar-refractivity contribution >= 4 is 11.9 Å². The minimum atomic E-state index is -0.716. The molecule has 1 saturated carbocycles. The van der Waals surface area contributed by atoms with Crippen molar-refractivity contribution in [1.29, 1.82) is 0 Å². The Balaban J connectivity index is 1.82. The molecule has 5 nitrogen and oxygen atoms in total. The Kier molecular flexibility index (Phi) is 5.17. The third kappa shape index (κ3) is 4.07. The third-order valence-corrected chi connectivity index (χ3v) is 4.30. The van der Waals surface area contributed by atoms with Crippen LogP contribution in [-0.2, 0) is 14.3 Å². The Labute approximate surface area is 119 Å². The molecular formula is C15H23NO4. The highest BCUT2D eigenvalue weighted by molar-refractivity contribution is 5.90. The second-order valence-corrected chi connectivity index (χ2v) is 5.88. The number of cyclic esters (lactones) is 1. The van der Waals surface area contributed by atoms with Crippen LogP contribution >= 0.6 is 0 Å². The molecule has 0 spiro atoms. The van der Waals surface area contributed by atoms with Crippen LogP contribution in [0.1, 0.15) is 44.9 Å². The quantitative estimate of drug-likeness (QED) is 0.441. The standard InChI is InChI=1S/C15H23NO4/c17-13(18)10-15(6-2-1-3-7-15)11-16-8-4-12-5-9-20-14(12)19/h4,16H,1-3,5-11H2,(H,17,18). The number of aliphatic carboxylic acids is 1. The molecule has 2 fully saturated rings. The van der Waals surface area contributed by atoms with Crippen LogP contribution in [0.3, 0.4) is 0 Å². The molecule has 112 valence electrons. The van der Waals surface area contributed by atoms with Crippen LogP contribution in [0.25, 0.3) is 0 Å². The van der Waals surface area contributed by atoms with Gasteiger partial charge in [-0.1, -0.05) is 25.3 Å². The van der Waals surface area contributed by atoms with Gasteiger partial charge in [-0.25, -0.2) is 4.79 Å². The number of nitrogens with one attached hydrogen (secondary N) is 1. The van der Waals surface area contributed by atoms with E-state index < -0.39 is 5.97 Å². The van der Waals surface area contributed by atoms with E-state index in [4.69, 9.17) is 9.84 Å². The van der Waals surface area contributed by atoms with Crippen LogP contribution in [-0.4, -0.2) is 36.7 Å². The van der Waals surface area contributed by atoms with Gasteiger partial charge in [-0.2, -0.15) is 0 Å². The van der Waals surface area contributed by atoms with Gasteiger partial charge in [0, 0.05) is 25.1 Å². The Bertz CT molecular complexity index is 397. The van der Waals surface area contributed by atoms with Crippen molar-refractivity contribution in [1.82, 2.24) is 5.32 Å². The second-order valence-electron chi connectivity index (χ2n) is 5.88. The minimum absolute atomic E-state index is 0.112. The van der Waals surface area contributed by atoms with Gasteiger partial charge < -0.3 is 15.2 Å². The molecule has 0 aromatic carbocycles. The SMILES string of the molecule is O=C(O)CC1(CNCC=C2CCOC2=O)CCCCC1. The molecule has 0 atom stereocenters. The van der Waals surface area contributed by atoms with Gasteiger partial charge in [0.2, 0.25) is 0 Å². The molecule has 0 radical (unpaired) electrons. The van der Waals surface area contributed by atoms with Gasteiger partial charge >= 0.3 is 11.9 Å². The van der Waals surface area contributed by atoms with Gasteiger partial charge in [0.25, 0.3) is 0 Å². The first-order valence-electron chi connectivity index (χ1n) is 7.40. The van der Waals surface area contributed by atoms with Crippen LogP contribution < -0.4 is 5.32 Å². The van der Waals surface area contributed by atoms with E-state index in [1.165, 1.54) is 6.42 Å². The molecule has 2 N–H and O–H groups in total. The number of carbonyl (C=O) groups is 2. The summed E-state index contributed by atoms with van der Waals surface area (Å²) in [6.07, 6.45) is 8.17. The maximum absolute atomic E-state index is 11.3. The third-order valence-electron chi connectivity index (χ3n) is 4.30. The summed E-state index contributed by atoms with van der Waals surface area (Å²) in [6.45, 7) is 1.79. The average Bonchev–Trinajstić information content (AvgIpc) is 2.81. The zero-order valence-electron chi connectivity index (χ0n) is 11.8. The first-order chi connectivity index (χ1) is 9.61. The Morgan fingerprint density at radius 2 is 2.10 bits per heavy atom. The van der Waals surface area contributed by atoms with Crippen molar-refractivity contribution in [3.8, 4) is 0 Å². The van der Waals surface area contributed by atoms with Gasteiger partial charge in [-0.15, -0.1) is 0 Å². The van der Waals surface area contributed by atoms with Gasteiger partial charge in [-0.3, -0.25) is 4.79 Å². The van der Waals surface area contributed by atoms with Crippen molar-refractivity contribution < 1.29 is 19.4 Å². The number of carbonyl (C=O) groups excluding carboxylic acids is 1. The summed E-state index contributed by atoms with van der Waals surface area (Å²) in [4.78, 5) is 22.3. The van der Waals surface area contributed by atoms with Crippen LogP contribution in [0.5, 0.6) is 0 Å². The maximum Gasteiger partial charge on any atom is 0.333 e. The fraction of sp³-hybridized carbons (Fsp3) is 0.733. The van der Waals surface area contributed by atoms with Crippen LogP contribution in [0.2, 0.25) is 0 Å². The lowest BCUT2D eigenvalue weighted by molar-refractivity contribution is -0.140. The van der Waals surface area contributed by atoms with Crippen molar-refractivity contribution in [3.63, 3.8) is 0 Å². The highest BCUT2D eigenvalue weighted by Crippen LogP contribution is 2.38. The van der Waals surface area contributed by atoms with E-state index in [1.54, 1.807) is 0 Å². The van der Waals surface area contributed by atoms with Gasteiger partial charge in [0.15, 0.2) is 0 Å². The van der Waals surface area contributed by atoms with Crippen molar-refractivity contribution in [3.05, 3.63) is 11.6 Å². The molecule has 0 aromatic rings. The topological polar surface area (TPSA) is 75.6 Å². The van der Waals surface area contributed by atoms with E-state index in [0.717, 1.165) is 31.3 Å². The Hall–Kier alpha value is -1.36.